The summed E-state index contributed by atoms with van der Waals surface area (Å²) in [4.78, 5) is 4.36. The Balaban J connectivity index is 2.09. The molecule has 1 unspecified atom stereocenters. The van der Waals surface area contributed by atoms with Crippen LogP contribution in [-0.2, 0) is 6.42 Å². The van der Waals surface area contributed by atoms with Gasteiger partial charge in [0.2, 0.25) is 5.89 Å². The van der Waals surface area contributed by atoms with Crippen LogP contribution in [0.1, 0.15) is 43.6 Å². The quantitative estimate of drug-likeness (QED) is 0.911. The smallest absolute Gasteiger partial charge is 0.243 e. The van der Waals surface area contributed by atoms with Crippen LogP contribution in [0.3, 0.4) is 0 Å². The maximum atomic E-state index is 6.06. The van der Waals surface area contributed by atoms with Crippen molar-refractivity contribution in [2.24, 2.45) is 11.7 Å². The van der Waals surface area contributed by atoms with Crippen molar-refractivity contribution in [1.29, 1.82) is 0 Å². The minimum Gasteiger partial charge on any atom is -0.338 e. The van der Waals surface area contributed by atoms with E-state index in [1.165, 1.54) is 0 Å². The molecule has 0 fully saturated rings. The fourth-order valence-electron chi connectivity index (χ4n) is 1.80. The second-order valence-corrected chi connectivity index (χ2v) is 5.20. The molecular weight excluding hydrogens is 262 g/mol. The fourth-order valence-corrected chi connectivity index (χ4v) is 2.01. The van der Waals surface area contributed by atoms with E-state index in [1.54, 1.807) is 0 Å². The number of halogens is 1. The normalized spacial score (nSPS) is 14.3. The topological polar surface area (TPSA) is 64.9 Å². The molecule has 0 saturated carbocycles. The SMILES string of the molecule is CCC(C)[C@H](N)c1nc(Cc2cccc(Cl)c2)no1. The van der Waals surface area contributed by atoms with Crippen LogP contribution in [0.25, 0.3) is 0 Å². The van der Waals surface area contributed by atoms with Gasteiger partial charge in [-0.3, -0.25) is 0 Å². The largest absolute Gasteiger partial charge is 0.338 e. The first kappa shape index (κ1) is 14.0. The third kappa shape index (κ3) is 3.55. The number of nitrogens with two attached hydrogens (primary N) is 1. The van der Waals surface area contributed by atoms with Crippen LogP contribution < -0.4 is 5.73 Å². The highest BCUT2D eigenvalue weighted by molar-refractivity contribution is 6.30. The summed E-state index contributed by atoms with van der Waals surface area (Å²) in [5.41, 5.74) is 7.12. The van der Waals surface area contributed by atoms with E-state index in [0.717, 1.165) is 12.0 Å². The van der Waals surface area contributed by atoms with E-state index >= 15 is 0 Å². The molecule has 0 amide bonds. The van der Waals surface area contributed by atoms with Gasteiger partial charge >= 0.3 is 0 Å². The van der Waals surface area contributed by atoms with Gasteiger partial charge in [0.15, 0.2) is 5.82 Å². The van der Waals surface area contributed by atoms with Gasteiger partial charge in [-0.25, -0.2) is 0 Å². The Bertz CT molecular complexity index is 541. The Morgan fingerprint density at radius 3 is 2.89 bits per heavy atom. The maximum Gasteiger partial charge on any atom is 0.243 e. The molecule has 0 bridgehead atoms. The van der Waals surface area contributed by atoms with Crippen LogP contribution in [-0.4, -0.2) is 10.1 Å². The van der Waals surface area contributed by atoms with Gasteiger partial charge in [-0.1, -0.05) is 49.2 Å². The third-order valence-corrected chi connectivity index (χ3v) is 3.51. The highest BCUT2D eigenvalue weighted by Gasteiger charge is 2.19. The number of nitrogens with zero attached hydrogens (tertiary/aromatic N) is 2. The van der Waals surface area contributed by atoms with Gasteiger partial charge in [-0.15, -0.1) is 0 Å². The molecule has 0 aliphatic rings. The number of aromatic nitrogens is 2. The van der Waals surface area contributed by atoms with Crippen LogP contribution in [0.4, 0.5) is 0 Å². The van der Waals surface area contributed by atoms with Gasteiger partial charge in [0, 0.05) is 11.4 Å². The van der Waals surface area contributed by atoms with Gasteiger partial charge in [0.1, 0.15) is 0 Å². The van der Waals surface area contributed by atoms with Crippen LogP contribution in [0.2, 0.25) is 5.02 Å². The Kier molecular flexibility index (Phi) is 4.56. The molecular formula is C14H18ClN3O. The Morgan fingerprint density at radius 1 is 1.42 bits per heavy atom. The van der Waals surface area contributed by atoms with Gasteiger partial charge in [-0.05, 0) is 23.6 Å². The summed E-state index contributed by atoms with van der Waals surface area (Å²) in [5.74, 6) is 1.46. The van der Waals surface area contributed by atoms with Crippen molar-refractivity contribution in [3.8, 4) is 0 Å². The molecule has 0 aliphatic heterocycles. The Morgan fingerprint density at radius 2 is 2.21 bits per heavy atom. The van der Waals surface area contributed by atoms with E-state index in [2.05, 4.69) is 24.0 Å². The average Bonchev–Trinajstić information content (AvgIpc) is 2.85. The average molecular weight is 280 g/mol. The summed E-state index contributed by atoms with van der Waals surface area (Å²) >= 11 is 5.94. The molecule has 1 heterocycles. The van der Waals surface area contributed by atoms with Crippen LogP contribution in [0, 0.1) is 5.92 Å². The van der Waals surface area contributed by atoms with Crippen LogP contribution in [0.15, 0.2) is 28.8 Å². The standard InChI is InChI=1S/C14H18ClN3O/c1-3-9(2)13(16)14-17-12(18-19-14)8-10-5-4-6-11(15)7-10/h4-7,9,13H,3,8,16H2,1-2H3/t9?,13-/m0/s1. The van der Waals surface area contributed by atoms with Crippen molar-refractivity contribution in [3.05, 3.63) is 46.6 Å². The predicted octanol–water partition coefficient (Wildman–Crippen LogP) is 3.36. The summed E-state index contributed by atoms with van der Waals surface area (Å²) in [6.07, 6.45) is 1.57. The van der Waals surface area contributed by atoms with Gasteiger partial charge in [-0.2, -0.15) is 4.98 Å². The van der Waals surface area contributed by atoms with Crippen molar-refractivity contribution in [1.82, 2.24) is 10.1 Å². The van der Waals surface area contributed by atoms with E-state index in [4.69, 9.17) is 21.9 Å². The predicted molar refractivity (Wildman–Crippen MR) is 74.9 cm³/mol. The van der Waals surface area contributed by atoms with Gasteiger partial charge < -0.3 is 10.3 Å². The Labute approximate surface area is 118 Å². The lowest BCUT2D eigenvalue weighted by atomic mass is 10.0. The first-order valence-electron chi connectivity index (χ1n) is 6.42. The van der Waals surface area contributed by atoms with Gasteiger partial charge in [0.05, 0.1) is 6.04 Å². The summed E-state index contributed by atoms with van der Waals surface area (Å²) in [6.45, 7) is 4.17. The molecule has 0 aliphatic carbocycles. The minimum absolute atomic E-state index is 0.203. The van der Waals surface area contributed by atoms with E-state index in [0.29, 0.717) is 29.1 Å². The number of hydrogen-bond donors (Lipinski definition) is 1. The lowest BCUT2D eigenvalue weighted by Crippen LogP contribution is -2.18. The fraction of sp³-hybridized carbons (Fsp3) is 0.429. The number of hydrogen-bond acceptors (Lipinski definition) is 4. The highest BCUT2D eigenvalue weighted by Crippen LogP contribution is 2.21. The molecule has 1 aromatic heterocycles. The van der Waals surface area contributed by atoms with Crippen molar-refractivity contribution in [2.45, 2.75) is 32.7 Å². The zero-order valence-electron chi connectivity index (χ0n) is 11.1. The summed E-state index contributed by atoms with van der Waals surface area (Å²) in [5, 5.41) is 4.68. The van der Waals surface area contributed by atoms with Crippen molar-refractivity contribution < 1.29 is 4.52 Å². The van der Waals surface area contributed by atoms with Crippen LogP contribution >= 0.6 is 11.6 Å². The molecule has 2 N–H and O–H groups in total. The molecule has 0 saturated heterocycles. The Hall–Kier alpha value is -1.39. The highest BCUT2D eigenvalue weighted by atomic mass is 35.5. The molecule has 2 rings (SSSR count). The zero-order chi connectivity index (χ0) is 13.8. The molecule has 5 heteroatoms. The molecule has 0 radical (unpaired) electrons. The van der Waals surface area contributed by atoms with Crippen molar-refractivity contribution in [2.75, 3.05) is 0 Å². The minimum atomic E-state index is -0.203. The lowest BCUT2D eigenvalue weighted by Gasteiger charge is -2.12. The van der Waals surface area contributed by atoms with E-state index in [9.17, 15) is 0 Å². The monoisotopic (exact) mass is 279 g/mol. The second-order valence-electron chi connectivity index (χ2n) is 4.77. The van der Waals surface area contributed by atoms with E-state index in [1.807, 2.05) is 24.3 Å². The number of benzene rings is 1. The first-order valence-corrected chi connectivity index (χ1v) is 6.80. The molecule has 19 heavy (non-hydrogen) atoms. The summed E-state index contributed by atoms with van der Waals surface area (Å²) < 4.78 is 5.23. The maximum absolute atomic E-state index is 6.06. The van der Waals surface area contributed by atoms with Crippen molar-refractivity contribution >= 4 is 11.6 Å². The molecule has 0 spiro atoms. The van der Waals surface area contributed by atoms with Crippen molar-refractivity contribution in [3.63, 3.8) is 0 Å². The second kappa shape index (κ2) is 6.17. The molecule has 2 aromatic rings. The van der Waals surface area contributed by atoms with E-state index < -0.39 is 0 Å². The first-order chi connectivity index (χ1) is 9.10. The molecule has 4 nitrogen and oxygen atoms in total. The van der Waals surface area contributed by atoms with Crippen LogP contribution in [0.5, 0.6) is 0 Å². The molecule has 1 aromatic carbocycles. The van der Waals surface area contributed by atoms with Gasteiger partial charge in [0.25, 0.3) is 0 Å². The van der Waals surface area contributed by atoms with E-state index in [-0.39, 0.29) is 6.04 Å². The third-order valence-electron chi connectivity index (χ3n) is 3.28. The zero-order valence-corrected chi connectivity index (χ0v) is 11.9. The summed E-state index contributed by atoms with van der Waals surface area (Å²) in [7, 11) is 0. The summed E-state index contributed by atoms with van der Waals surface area (Å²) in [6, 6.07) is 7.42. The molecule has 2 atom stereocenters. The molecule has 102 valence electrons. The lowest BCUT2D eigenvalue weighted by molar-refractivity contribution is 0.310. The number of rotatable bonds is 5.